The third-order valence-corrected chi connectivity index (χ3v) is 1.68. The monoisotopic (exact) mass is 148 g/mol. The van der Waals surface area contributed by atoms with Gasteiger partial charge in [-0.05, 0) is 0 Å². The summed E-state index contributed by atoms with van der Waals surface area (Å²) in [6.07, 6.45) is -1.33. The molecule has 1 rings (SSSR count). The van der Waals surface area contributed by atoms with Crippen molar-refractivity contribution in [3.05, 3.63) is 0 Å². The van der Waals surface area contributed by atoms with Gasteiger partial charge in [0.25, 0.3) is 0 Å². The van der Waals surface area contributed by atoms with Gasteiger partial charge in [-0.25, -0.2) is 0 Å². The van der Waals surface area contributed by atoms with E-state index in [1.807, 2.05) is 0 Å². The van der Waals surface area contributed by atoms with Gasteiger partial charge < -0.3 is 19.7 Å². The number of aliphatic hydroxyl groups is 2. The molecule has 1 aliphatic heterocycles. The van der Waals surface area contributed by atoms with E-state index in [1.165, 1.54) is 7.11 Å². The van der Waals surface area contributed by atoms with Gasteiger partial charge in [0.05, 0.1) is 13.2 Å². The van der Waals surface area contributed by atoms with Crippen molar-refractivity contribution in [3.63, 3.8) is 0 Å². The lowest BCUT2D eigenvalue weighted by atomic mass is 10.1. The molecule has 0 bridgehead atoms. The largest absolute Gasteiger partial charge is 0.394 e. The van der Waals surface area contributed by atoms with Crippen molar-refractivity contribution in [1.29, 1.82) is 0 Å². The zero-order chi connectivity index (χ0) is 7.56. The molecule has 4 heteroatoms. The highest BCUT2D eigenvalue weighted by atomic mass is 16.6. The van der Waals surface area contributed by atoms with Crippen molar-refractivity contribution in [3.8, 4) is 0 Å². The van der Waals surface area contributed by atoms with Crippen LogP contribution in [0.15, 0.2) is 0 Å². The van der Waals surface area contributed by atoms with Crippen molar-refractivity contribution >= 4 is 0 Å². The SMILES string of the molecule is CO[C@@H]1[C@@H](O)CO[C@@H]1CO. The van der Waals surface area contributed by atoms with Crippen LogP contribution < -0.4 is 0 Å². The van der Waals surface area contributed by atoms with Crippen LogP contribution in [0.25, 0.3) is 0 Å². The molecule has 0 spiro atoms. The quantitative estimate of drug-likeness (QED) is 0.514. The van der Waals surface area contributed by atoms with E-state index in [0.29, 0.717) is 0 Å². The first kappa shape index (κ1) is 7.94. The van der Waals surface area contributed by atoms with E-state index in [1.54, 1.807) is 0 Å². The molecule has 2 N–H and O–H groups in total. The molecule has 0 aliphatic carbocycles. The van der Waals surface area contributed by atoms with Gasteiger partial charge in [-0.1, -0.05) is 0 Å². The predicted octanol–water partition coefficient (Wildman–Crippen LogP) is -1.25. The zero-order valence-corrected chi connectivity index (χ0v) is 5.86. The molecule has 1 heterocycles. The lowest BCUT2D eigenvalue weighted by Crippen LogP contribution is -2.34. The molecule has 3 atom stereocenters. The standard InChI is InChI=1S/C6H12O4/c1-9-6-4(8)3-10-5(6)2-7/h4-8H,2-3H2,1H3/t4-,5+,6+/m0/s1. The first-order chi connectivity index (χ1) is 4.79. The number of hydrogen-bond acceptors (Lipinski definition) is 4. The molecule has 0 amide bonds. The molecule has 0 aromatic carbocycles. The van der Waals surface area contributed by atoms with Crippen molar-refractivity contribution < 1.29 is 19.7 Å². The average Bonchev–Trinajstić information content (AvgIpc) is 2.30. The maximum absolute atomic E-state index is 9.13. The fraction of sp³-hybridized carbons (Fsp3) is 1.00. The zero-order valence-electron chi connectivity index (χ0n) is 5.86. The number of methoxy groups -OCH3 is 1. The van der Waals surface area contributed by atoms with Crippen LogP contribution in [0.2, 0.25) is 0 Å². The number of aliphatic hydroxyl groups excluding tert-OH is 2. The van der Waals surface area contributed by atoms with Crippen LogP contribution in [0.4, 0.5) is 0 Å². The second-order valence-electron chi connectivity index (χ2n) is 2.32. The summed E-state index contributed by atoms with van der Waals surface area (Å²) in [6.45, 7) is 0.152. The van der Waals surface area contributed by atoms with Gasteiger partial charge in [-0.3, -0.25) is 0 Å². The van der Waals surface area contributed by atoms with E-state index in [4.69, 9.17) is 19.7 Å². The Kier molecular flexibility index (Phi) is 2.62. The highest BCUT2D eigenvalue weighted by Crippen LogP contribution is 2.16. The van der Waals surface area contributed by atoms with Crippen molar-refractivity contribution in [2.75, 3.05) is 20.3 Å². The van der Waals surface area contributed by atoms with Crippen LogP contribution in [0.1, 0.15) is 0 Å². The third kappa shape index (κ3) is 1.29. The predicted molar refractivity (Wildman–Crippen MR) is 33.6 cm³/mol. The van der Waals surface area contributed by atoms with Crippen LogP contribution in [-0.2, 0) is 9.47 Å². The number of hydrogen-bond donors (Lipinski definition) is 2. The number of rotatable bonds is 2. The molecular weight excluding hydrogens is 136 g/mol. The second kappa shape index (κ2) is 3.30. The lowest BCUT2D eigenvalue weighted by Gasteiger charge is -2.15. The summed E-state index contributed by atoms with van der Waals surface area (Å²) in [5.41, 5.74) is 0. The Morgan fingerprint density at radius 2 is 2.40 bits per heavy atom. The molecule has 1 saturated heterocycles. The van der Waals surface area contributed by atoms with Gasteiger partial charge in [-0.2, -0.15) is 0 Å². The van der Waals surface area contributed by atoms with Crippen LogP contribution in [0.5, 0.6) is 0 Å². The molecule has 4 nitrogen and oxygen atoms in total. The average molecular weight is 148 g/mol. The summed E-state index contributed by atoms with van der Waals surface area (Å²) in [5, 5.41) is 17.8. The van der Waals surface area contributed by atoms with E-state index >= 15 is 0 Å². The molecule has 0 unspecified atom stereocenters. The van der Waals surface area contributed by atoms with Gasteiger partial charge in [0, 0.05) is 7.11 Å². The van der Waals surface area contributed by atoms with E-state index in [0.717, 1.165) is 0 Å². The van der Waals surface area contributed by atoms with Gasteiger partial charge in [0.2, 0.25) is 0 Å². The summed E-state index contributed by atoms with van der Waals surface area (Å²) in [7, 11) is 1.49. The summed E-state index contributed by atoms with van der Waals surface area (Å²) in [4.78, 5) is 0. The molecule has 0 saturated carbocycles. The fourth-order valence-electron chi connectivity index (χ4n) is 1.13. The maximum Gasteiger partial charge on any atom is 0.114 e. The summed E-state index contributed by atoms with van der Waals surface area (Å²) < 4.78 is 9.88. The Morgan fingerprint density at radius 3 is 2.80 bits per heavy atom. The molecular formula is C6H12O4. The van der Waals surface area contributed by atoms with Crippen LogP contribution in [0.3, 0.4) is 0 Å². The van der Waals surface area contributed by atoms with Crippen LogP contribution >= 0.6 is 0 Å². The van der Waals surface area contributed by atoms with E-state index in [-0.39, 0.29) is 25.4 Å². The topological polar surface area (TPSA) is 58.9 Å². The van der Waals surface area contributed by atoms with Crippen molar-refractivity contribution in [1.82, 2.24) is 0 Å². The van der Waals surface area contributed by atoms with Crippen molar-refractivity contribution in [2.45, 2.75) is 18.3 Å². The maximum atomic E-state index is 9.13. The Hall–Kier alpha value is -0.160. The van der Waals surface area contributed by atoms with Gasteiger partial charge in [0.1, 0.15) is 18.3 Å². The minimum Gasteiger partial charge on any atom is -0.394 e. The van der Waals surface area contributed by atoms with Gasteiger partial charge >= 0.3 is 0 Å². The first-order valence-corrected chi connectivity index (χ1v) is 3.23. The summed E-state index contributed by atoms with van der Waals surface area (Å²) in [6, 6.07) is 0. The Labute approximate surface area is 59.4 Å². The smallest absolute Gasteiger partial charge is 0.114 e. The Morgan fingerprint density at radius 1 is 1.70 bits per heavy atom. The van der Waals surface area contributed by atoms with Gasteiger partial charge in [0.15, 0.2) is 0 Å². The molecule has 10 heavy (non-hydrogen) atoms. The minimum absolute atomic E-state index is 0.102. The van der Waals surface area contributed by atoms with E-state index in [9.17, 15) is 0 Å². The molecule has 0 aromatic heterocycles. The Bertz CT molecular complexity index is 106. The third-order valence-electron chi connectivity index (χ3n) is 1.68. The summed E-state index contributed by atoms with van der Waals surface area (Å²) in [5.74, 6) is 0. The Balaban J connectivity index is 2.45. The van der Waals surface area contributed by atoms with Gasteiger partial charge in [-0.15, -0.1) is 0 Å². The fourth-order valence-corrected chi connectivity index (χ4v) is 1.13. The summed E-state index contributed by atoms with van der Waals surface area (Å²) >= 11 is 0. The number of ether oxygens (including phenoxy) is 2. The van der Waals surface area contributed by atoms with Crippen molar-refractivity contribution in [2.24, 2.45) is 0 Å². The molecule has 1 aliphatic rings. The first-order valence-electron chi connectivity index (χ1n) is 3.23. The van der Waals surface area contributed by atoms with E-state index < -0.39 is 6.10 Å². The highest BCUT2D eigenvalue weighted by molar-refractivity contribution is 4.83. The molecule has 1 fully saturated rings. The molecule has 60 valence electrons. The van der Waals surface area contributed by atoms with Crippen LogP contribution in [-0.4, -0.2) is 48.8 Å². The molecule has 0 radical (unpaired) electrons. The minimum atomic E-state index is -0.595. The molecule has 0 aromatic rings. The normalized spacial score (nSPS) is 40.5. The van der Waals surface area contributed by atoms with Crippen LogP contribution in [0, 0.1) is 0 Å². The lowest BCUT2D eigenvalue weighted by molar-refractivity contribution is -0.0307. The second-order valence-corrected chi connectivity index (χ2v) is 2.32. The van der Waals surface area contributed by atoms with E-state index in [2.05, 4.69) is 0 Å². The highest BCUT2D eigenvalue weighted by Gasteiger charge is 2.35.